The molecule has 2 aromatic carbocycles. The largest absolute Gasteiger partial charge is 0.366 e. The number of nitrogens with zero attached hydrogens (tertiary/aromatic N) is 1. The van der Waals surface area contributed by atoms with Gasteiger partial charge in [-0.05, 0) is 63.2 Å². The third-order valence-corrected chi connectivity index (χ3v) is 6.17. The van der Waals surface area contributed by atoms with Crippen molar-refractivity contribution < 1.29 is 22.8 Å². The zero-order chi connectivity index (χ0) is 23.9. The van der Waals surface area contributed by atoms with Crippen LogP contribution in [0.3, 0.4) is 0 Å². The van der Waals surface area contributed by atoms with E-state index >= 15 is 0 Å². The second kappa shape index (κ2) is 10.9. The minimum atomic E-state index is -3.73. The second-order valence-electron chi connectivity index (χ2n) is 7.43. The molecule has 0 radical (unpaired) electrons. The number of carbonyl (C=O) groups is 3. The van der Waals surface area contributed by atoms with Gasteiger partial charge in [0.05, 0.1) is 4.90 Å². The number of hydrogen-bond donors (Lipinski definition) is 3. The Bertz CT molecular complexity index is 1080. The molecule has 0 aromatic heterocycles. The number of amides is 3. The Balaban J connectivity index is 2.03. The summed E-state index contributed by atoms with van der Waals surface area (Å²) >= 11 is 0. The topological polar surface area (TPSA) is 139 Å². The Morgan fingerprint density at radius 3 is 2.25 bits per heavy atom. The van der Waals surface area contributed by atoms with E-state index in [1.54, 1.807) is 39.0 Å². The van der Waals surface area contributed by atoms with Crippen molar-refractivity contribution in [3.05, 3.63) is 59.7 Å². The van der Waals surface area contributed by atoms with Gasteiger partial charge in [0.15, 0.2) is 0 Å². The van der Waals surface area contributed by atoms with E-state index in [2.05, 4.69) is 10.0 Å². The Hall–Kier alpha value is -3.24. The molecule has 2 aromatic rings. The smallest absolute Gasteiger partial charge is 0.253 e. The molecule has 0 fully saturated rings. The van der Waals surface area contributed by atoms with E-state index in [4.69, 9.17) is 5.73 Å². The minimum Gasteiger partial charge on any atom is -0.366 e. The fraction of sp³-hybridized carbons (Fsp3) is 0.318. The lowest BCUT2D eigenvalue weighted by Gasteiger charge is -2.21. The molecule has 172 valence electrons. The van der Waals surface area contributed by atoms with Crippen LogP contribution in [0.4, 0.5) is 5.69 Å². The summed E-state index contributed by atoms with van der Waals surface area (Å²) in [5.74, 6) is -1.23. The summed E-state index contributed by atoms with van der Waals surface area (Å²) in [5, 5.41) is 2.70. The van der Waals surface area contributed by atoms with Crippen molar-refractivity contribution >= 4 is 33.4 Å². The van der Waals surface area contributed by atoms with E-state index in [0.29, 0.717) is 17.8 Å². The van der Waals surface area contributed by atoms with Crippen LogP contribution in [-0.2, 0) is 14.8 Å². The summed E-state index contributed by atoms with van der Waals surface area (Å²) in [6, 6.07) is 11.7. The van der Waals surface area contributed by atoms with Crippen LogP contribution in [0.25, 0.3) is 0 Å². The highest BCUT2D eigenvalue weighted by Gasteiger charge is 2.20. The maximum Gasteiger partial charge on any atom is 0.253 e. The third-order valence-electron chi connectivity index (χ3n) is 4.51. The minimum absolute atomic E-state index is 0.00486. The predicted octanol–water partition coefficient (Wildman–Crippen LogP) is 1.96. The van der Waals surface area contributed by atoms with E-state index in [9.17, 15) is 22.8 Å². The van der Waals surface area contributed by atoms with E-state index in [1.807, 2.05) is 0 Å². The molecule has 0 unspecified atom stereocenters. The molecule has 9 nitrogen and oxygen atoms in total. The van der Waals surface area contributed by atoms with Crippen LogP contribution in [0.2, 0.25) is 0 Å². The molecule has 0 saturated carbocycles. The highest BCUT2D eigenvalue weighted by molar-refractivity contribution is 7.89. The number of carbonyl (C=O) groups excluding carboxylic acids is 3. The monoisotopic (exact) mass is 460 g/mol. The molecule has 0 bridgehead atoms. The molecule has 0 atom stereocenters. The number of hydrogen-bond acceptors (Lipinski definition) is 5. The first-order valence-electron chi connectivity index (χ1n) is 10.1. The van der Waals surface area contributed by atoms with Gasteiger partial charge in [-0.2, -0.15) is 0 Å². The maximum absolute atomic E-state index is 12.9. The molecule has 4 N–H and O–H groups in total. The van der Waals surface area contributed by atoms with E-state index in [-0.39, 0.29) is 41.3 Å². The molecule has 0 aliphatic carbocycles. The van der Waals surface area contributed by atoms with Gasteiger partial charge in [0.2, 0.25) is 21.8 Å². The first kappa shape index (κ1) is 25.0. The first-order valence-corrected chi connectivity index (χ1v) is 11.6. The highest BCUT2D eigenvalue weighted by atomic mass is 32.2. The number of benzene rings is 2. The van der Waals surface area contributed by atoms with Crippen LogP contribution >= 0.6 is 0 Å². The number of rotatable bonds is 10. The van der Waals surface area contributed by atoms with Crippen molar-refractivity contribution in [3.63, 3.8) is 0 Å². The standard InChI is InChI=1S/C22H28N4O5S/c1-4-26(13-12-20(27)24-18-10-8-16(9-11-18)21(23)28)22(29)17-6-5-7-19(14-17)32(30,31)25-15(2)3/h5-11,14-15,25H,4,12-13H2,1-3H3,(H2,23,28)(H,24,27). The zero-order valence-electron chi connectivity index (χ0n) is 18.3. The van der Waals surface area contributed by atoms with Gasteiger partial charge in [0, 0.05) is 42.4 Å². The Morgan fingerprint density at radius 1 is 1.03 bits per heavy atom. The van der Waals surface area contributed by atoms with E-state index in [0.717, 1.165) is 0 Å². The lowest BCUT2D eigenvalue weighted by Crippen LogP contribution is -2.34. The Kier molecular flexibility index (Phi) is 8.50. The first-order chi connectivity index (χ1) is 15.0. The lowest BCUT2D eigenvalue weighted by molar-refractivity contribution is -0.116. The number of primary amides is 1. The maximum atomic E-state index is 12.9. The van der Waals surface area contributed by atoms with Crippen LogP contribution in [0.5, 0.6) is 0 Å². The van der Waals surface area contributed by atoms with Crippen LogP contribution in [0.15, 0.2) is 53.4 Å². The quantitative estimate of drug-likeness (QED) is 0.497. The van der Waals surface area contributed by atoms with Gasteiger partial charge >= 0.3 is 0 Å². The van der Waals surface area contributed by atoms with Crippen molar-refractivity contribution in [3.8, 4) is 0 Å². The lowest BCUT2D eigenvalue weighted by atomic mass is 10.2. The van der Waals surface area contributed by atoms with Gasteiger partial charge in [-0.15, -0.1) is 0 Å². The molecule has 32 heavy (non-hydrogen) atoms. The molecule has 0 aliphatic rings. The Labute approximate surface area is 188 Å². The molecule has 0 aliphatic heterocycles. The van der Waals surface area contributed by atoms with Crippen molar-refractivity contribution in [2.24, 2.45) is 5.73 Å². The van der Waals surface area contributed by atoms with Gasteiger partial charge in [0.25, 0.3) is 5.91 Å². The van der Waals surface area contributed by atoms with Crippen LogP contribution in [0.1, 0.15) is 47.9 Å². The summed E-state index contributed by atoms with van der Waals surface area (Å²) in [6.07, 6.45) is 0.0457. The molecule has 3 amide bonds. The normalized spacial score (nSPS) is 11.2. The van der Waals surface area contributed by atoms with Gasteiger partial charge in [-0.1, -0.05) is 6.07 Å². The summed E-state index contributed by atoms with van der Waals surface area (Å²) in [4.78, 5) is 37.7. The number of anilines is 1. The Morgan fingerprint density at radius 2 is 1.69 bits per heavy atom. The van der Waals surface area contributed by atoms with Crippen LogP contribution in [0, 0.1) is 0 Å². The van der Waals surface area contributed by atoms with Crippen LogP contribution < -0.4 is 15.8 Å². The molecular weight excluding hydrogens is 432 g/mol. The molecule has 0 heterocycles. The molecule has 0 saturated heterocycles. The predicted molar refractivity (Wildman–Crippen MR) is 122 cm³/mol. The van der Waals surface area contributed by atoms with Gasteiger partial charge in [-0.3, -0.25) is 14.4 Å². The van der Waals surface area contributed by atoms with Crippen molar-refractivity contribution in [1.82, 2.24) is 9.62 Å². The summed E-state index contributed by atoms with van der Waals surface area (Å²) in [7, 11) is -3.73. The van der Waals surface area contributed by atoms with Gasteiger partial charge < -0.3 is 16.0 Å². The van der Waals surface area contributed by atoms with E-state index in [1.165, 1.54) is 35.2 Å². The van der Waals surface area contributed by atoms with Crippen molar-refractivity contribution in [1.29, 1.82) is 0 Å². The molecular formula is C22H28N4O5S. The second-order valence-corrected chi connectivity index (χ2v) is 9.14. The molecule has 0 spiro atoms. The summed E-state index contributed by atoms with van der Waals surface area (Å²) in [6.45, 7) is 5.70. The number of sulfonamides is 1. The number of nitrogens with one attached hydrogen (secondary N) is 2. The third kappa shape index (κ3) is 6.89. The summed E-state index contributed by atoms with van der Waals surface area (Å²) < 4.78 is 27.3. The highest BCUT2D eigenvalue weighted by Crippen LogP contribution is 2.15. The summed E-state index contributed by atoms with van der Waals surface area (Å²) in [5.41, 5.74) is 6.25. The van der Waals surface area contributed by atoms with Crippen molar-refractivity contribution in [2.75, 3.05) is 18.4 Å². The van der Waals surface area contributed by atoms with Gasteiger partial charge in [-0.25, -0.2) is 13.1 Å². The average Bonchev–Trinajstić information content (AvgIpc) is 2.73. The molecule has 2 rings (SSSR count). The molecule has 10 heteroatoms. The fourth-order valence-electron chi connectivity index (χ4n) is 2.94. The average molecular weight is 461 g/mol. The van der Waals surface area contributed by atoms with Crippen LogP contribution in [-0.4, -0.2) is 50.2 Å². The van der Waals surface area contributed by atoms with E-state index < -0.39 is 15.9 Å². The number of nitrogens with two attached hydrogens (primary N) is 1. The van der Waals surface area contributed by atoms with Crippen molar-refractivity contribution in [2.45, 2.75) is 38.1 Å². The fourth-order valence-corrected chi connectivity index (χ4v) is 4.23. The van der Waals surface area contributed by atoms with Gasteiger partial charge in [0.1, 0.15) is 0 Å². The zero-order valence-corrected chi connectivity index (χ0v) is 19.1. The SMILES string of the molecule is CCN(CCC(=O)Nc1ccc(C(N)=O)cc1)C(=O)c1cccc(S(=O)(=O)NC(C)C)c1.